The van der Waals surface area contributed by atoms with Crippen LogP contribution in [0.15, 0.2) is 23.3 Å². The first-order valence-electron chi connectivity index (χ1n) is 12.7. The van der Waals surface area contributed by atoms with Crippen molar-refractivity contribution >= 4 is 11.8 Å². The molecule has 0 aromatic rings. The van der Waals surface area contributed by atoms with E-state index in [0.717, 1.165) is 0 Å². The molecule has 0 rings (SSSR count). The van der Waals surface area contributed by atoms with Gasteiger partial charge in [0.2, 0.25) is 23.3 Å². The van der Waals surface area contributed by atoms with Gasteiger partial charge in [0.1, 0.15) is 0 Å². The Hall–Kier alpha value is -2.55. The molecule has 0 saturated carbocycles. The lowest BCUT2D eigenvalue weighted by Crippen LogP contribution is -2.67. The van der Waals surface area contributed by atoms with Gasteiger partial charge in [0, 0.05) is 37.4 Å². The van der Waals surface area contributed by atoms with E-state index in [0.29, 0.717) is 0 Å². The first-order valence-corrected chi connectivity index (χ1v) is 13.6. The maximum Gasteiger partial charge on any atom is 0.389 e. The minimum absolute atomic E-state index is 3.33. The van der Waals surface area contributed by atoms with Gasteiger partial charge >= 0.3 is 82.1 Å². The molecule has 0 nitrogen and oxygen atoms in total. The van der Waals surface area contributed by atoms with Crippen LogP contribution in [0.1, 0.15) is 25.7 Å². The summed E-state index contributed by atoms with van der Waals surface area (Å²) >= 11 is -4.01. The van der Waals surface area contributed by atoms with Gasteiger partial charge < -0.3 is 0 Å². The molecule has 0 heterocycles. The molecule has 0 aliphatic carbocycles. The van der Waals surface area contributed by atoms with E-state index in [4.69, 9.17) is 0 Å². The highest BCUT2D eigenvalue weighted by atomic mass is 32.2. The van der Waals surface area contributed by atoms with E-state index in [2.05, 4.69) is 0 Å². The van der Waals surface area contributed by atoms with Crippen LogP contribution < -0.4 is 0 Å². The summed E-state index contributed by atoms with van der Waals surface area (Å²) in [5.41, 5.74) is 0. The van der Waals surface area contributed by atoms with Crippen LogP contribution in [0.2, 0.25) is 0 Å². The zero-order valence-corrected chi connectivity index (χ0v) is 25.9. The number of hydrogen-bond donors (Lipinski definition) is 0. The largest absolute Gasteiger partial charge is 0.389 e. The third-order valence-electron chi connectivity index (χ3n) is 6.43. The maximum absolute atomic E-state index is 13.8. The summed E-state index contributed by atoms with van der Waals surface area (Å²) < 4.78 is 456. The van der Waals surface area contributed by atoms with Crippen molar-refractivity contribution in [1.29, 1.82) is 0 Å². The van der Waals surface area contributed by atoms with Crippen LogP contribution >= 0.6 is 11.8 Å². The van der Waals surface area contributed by atoms with Crippen LogP contribution in [0.3, 0.4) is 0 Å². The number of rotatable bonds is 18. The SMILES string of the molecule is FC(=C(F)C(F)(F)C(F)(F)C(F)(F)C(F)(F)C(F)(F)CCC(F)(F)F)C(F)(F)SC(F)(F)C(F)=C(F)C(F)(F)C(F)(F)C(F)(F)C(F)(F)C(F)(F)CCC(F)(F)F. The van der Waals surface area contributed by atoms with Gasteiger partial charge in [-0.1, -0.05) is 0 Å². The molecule has 0 saturated heterocycles. The second-order valence-electron chi connectivity index (χ2n) is 10.6. The Kier molecular flexibility index (Phi) is 14.5. The standard InChI is InChI=1S/C22H8F34S/c23-5(13(37,38)19(49,50)21(53,54)17(45,46)9(27,28)1-3-11(31,32)33)7(25)15(41,42)57-16(43,44)8(26)6(24)14(39,40)20(51,52)22(55,56)18(47,48)10(29,30)2-4-12(34,35)36/h1-4H2. The Morgan fingerprint density at radius 1 is 0.263 bits per heavy atom. The Morgan fingerprint density at radius 2 is 0.474 bits per heavy atom. The average molecular weight is 950 g/mol. The van der Waals surface area contributed by atoms with Gasteiger partial charge in [-0.2, -0.15) is 132 Å². The fourth-order valence-corrected chi connectivity index (χ4v) is 3.90. The zero-order chi connectivity index (χ0) is 46.8. The van der Waals surface area contributed by atoms with Gasteiger partial charge in [-0.15, -0.1) is 0 Å². The third-order valence-corrected chi connectivity index (χ3v) is 7.31. The predicted molar refractivity (Wildman–Crippen MR) is 116 cm³/mol. The van der Waals surface area contributed by atoms with Gasteiger partial charge in [-0.25, -0.2) is 17.6 Å². The Morgan fingerprint density at radius 3 is 0.667 bits per heavy atom. The summed E-state index contributed by atoms with van der Waals surface area (Å²) in [4.78, 5) is 0. The minimum Gasteiger partial charge on any atom is -0.202 e. The number of hydrogen-bond acceptors (Lipinski definition) is 1. The van der Waals surface area contributed by atoms with E-state index in [1.54, 1.807) is 0 Å². The molecule has 0 aliphatic rings. The van der Waals surface area contributed by atoms with Crippen molar-refractivity contribution in [1.82, 2.24) is 0 Å². The molecule has 0 bridgehead atoms. The third kappa shape index (κ3) is 9.59. The lowest BCUT2D eigenvalue weighted by molar-refractivity contribution is -0.399. The van der Waals surface area contributed by atoms with Gasteiger partial charge in [0.05, 0.1) is 0 Å². The van der Waals surface area contributed by atoms with E-state index < -0.39 is 143 Å². The van der Waals surface area contributed by atoms with Crippen LogP contribution in [0, 0.1) is 0 Å². The second-order valence-corrected chi connectivity index (χ2v) is 11.9. The molecule has 0 N–H and O–H groups in total. The molecular formula is C22H8F34S. The highest BCUT2D eigenvalue weighted by Crippen LogP contribution is 2.63. The van der Waals surface area contributed by atoms with Gasteiger partial charge in [0.15, 0.2) is 0 Å². The van der Waals surface area contributed by atoms with E-state index in [1.165, 1.54) is 0 Å². The van der Waals surface area contributed by atoms with Crippen LogP contribution in [0.5, 0.6) is 0 Å². The smallest absolute Gasteiger partial charge is 0.202 e. The summed E-state index contributed by atoms with van der Waals surface area (Å²) in [7, 11) is 0. The first kappa shape index (κ1) is 54.5. The normalized spacial score (nSPS) is 17.2. The molecule has 35 heteroatoms. The van der Waals surface area contributed by atoms with Crippen molar-refractivity contribution in [3.05, 3.63) is 23.3 Å². The van der Waals surface area contributed by atoms with E-state index >= 15 is 0 Å². The Balaban J connectivity index is 7.14. The van der Waals surface area contributed by atoms with Crippen LogP contribution in [0.4, 0.5) is 149 Å². The topological polar surface area (TPSA) is 0 Å². The highest BCUT2D eigenvalue weighted by Gasteiger charge is 2.89. The summed E-state index contributed by atoms with van der Waals surface area (Å²) in [5.74, 6) is -106. The van der Waals surface area contributed by atoms with Crippen molar-refractivity contribution < 1.29 is 149 Å². The summed E-state index contributed by atoms with van der Waals surface area (Å²) in [6, 6.07) is 0. The summed E-state index contributed by atoms with van der Waals surface area (Å²) in [6.07, 6.45) is -26.2. The molecule has 0 unspecified atom stereocenters. The van der Waals surface area contributed by atoms with Crippen molar-refractivity contribution in [2.24, 2.45) is 0 Å². The molecule has 0 aliphatic heterocycles. The van der Waals surface area contributed by atoms with Crippen LogP contribution in [-0.4, -0.2) is 82.1 Å². The maximum atomic E-state index is 13.8. The molecule has 0 aromatic heterocycles. The second kappa shape index (κ2) is 15.2. The van der Waals surface area contributed by atoms with Crippen LogP contribution in [0.25, 0.3) is 0 Å². The first-order chi connectivity index (χ1) is 24.3. The van der Waals surface area contributed by atoms with Crippen molar-refractivity contribution in [2.45, 2.75) is 108 Å². The molecule has 0 radical (unpaired) electrons. The Labute approximate surface area is 293 Å². The van der Waals surface area contributed by atoms with E-state index in [1.807, 2.05) is 0 Å². The lowest BCUT2D eigenvalue weighted by Gasteiger charge is -2.39. The fraction of sp³-hybridized carbons (Fsp3) is 0.818. The molecule has 57 heavy (non-hydrogen) atoms. The average Bonchev–Trinajstić information content (AvgIpc) is 2.99. The van der Waals surface area contributed by atoms with Crippen molar-refractivity contribution in [3.63, 3.8) is 0 Å². The summed E-state index contributed by atoms with van der Waals surface area (Å²) in [6.45, 7) is 0. The lowest BCUT2D eigenvalue weighted by atomic mass is 9.91. The molecule has 0 atom stereocenters. The van der Waals surface area contributed by atoms with Gasteiger partial charge in [-0.05, 0) is 0 Å². The highest BCUT2D eigenvalue weighted by molar-refractivity contribution is 8.01. The van der Waals surface area contributed by atoms with Crippen molar-refractivity contribution in [3.8, 4) is 0 Å². The number of halogens is 34. The summed E-state index contributed by atoms with van der Waals surface area (Å²) in [5, 5.41) is -15.3. The van der Waals surface area contributed by atoms with Gasteiger partial charge in [0.25, 0.3) is 0 Å². The molecule has 0 fully saturated rings. The van der Waals surface area contributed by atoms with E-state index in [-0.39, 0.29) is 0 Å². The van der Waals surface area contributed by atoms with Crippen molar-refractivity contribution in [2.75, 3.05) is 0 Å². The molecule has 340 valence electrons. The number of thioether (sulfide) groups is 1. The zero-order valence-electron chi connectivity index (χ0n) is 25.1. The van der Waals surface area contributed by atoms with E-state index in [9.17, 15) is 149 Å². The minimum atomic E-state index is -8.85. The predicted octanol–water partition coefficient (Wildman–Crippen LogP) is 14.2. The van der Waals surface area contributed by atoms with Gasteiger partial charge in [-0.3, -0.25) is 0 Å². The number of allylic oxidation sites excluding steroid dienone is 2. The molecular weight excluding hydrogens is 942 g/mol. The fourth-order valence-electron chi connectivity index (χ4n) is 3.22. The molecule has 0 aromatic carbocycles. The molecule has 0 amide bonds. The van der Waals surface area contributed by atoms with Crippen LogP contribution in [-0.2, 0) is 0 Å². The quantitative estimate of drug-likeness (QED) is 0.123. The molecule has 0 spiro atoms. The number of alkyl halides is 30. The monoisotopic (exact) mass is 950 g/mol. The Bertz CT molecular complexity index is 1380.